The maximum absolute atomic E-state index is 13.3. The number of amides is 1. The molecule has 134 valence electrons. The van der Waals surface area contributed by atoms with Crippen molar-refractivity contribution in [2.45, 2.75) is 31.7 Å². The molecule has 0 bridgehead atoms. The van der Waals surface area contributed by atoms with Crippen molar-refractivity contribution in [1.29, 1.82) is 0 Å². The maximum atomic E-state index is 13.3. The van der Waals surface area contributed by atoms with Crippen molar-refractivity contribution in [1.82, 2.24) is 9.47 Å². The highest BCUT2D eigenvalue weighted by Gasteiger charge is 2.41. The molecule has 0 spiro atoms. The minimum absolute atomic E-state index is 0.0138. The molecular formula is C18H19F3N2O2. The predicted molar refractivity (Wildman–Crippen MR) is 86.0 cm³/mol. The van der Waals surface area contributed by atoms with E-state index in [0.717, 1.165) is 11.8 Å². The number of carbonyl (C=O) groups is 1. The fourth-order valence-corrected chi connectivity index (χ4v) is 3.35. The van der Waals surface area contributed by atoms with Crippen LogP contribution in [0.3, 0.4) is 0 Å². The first-order chi connectivity index (χ1) is 11.7. The number of nitrogens with zero attached hydrogens (tertiary/aromatic N) is 2. The van der Waals surface area contributed by atoms with Gasteiger partial charge in [0.25, 0.3) is 5.91 Å². The van der Waals surface area contributed by atoms with Gasteiger partial charge in [-0.1, -0.05) is 18.2 Å². The highest BCUT2D eigenvalue weighted by molar-refractivity contribution is 5.93. The number of carbonyl (C=O) groups excluding carboxylic acids is 1. The molecule has 7 heteroatoms. The Hall–Kier alpha value is -2.28. The number of benzene rings is 1. The smallest absolute Gasteiger partial charge is 0.391 e. The summed E-state index contributed by atoms with van der Waals surface area (Å²) in [6, 6.07) is 7.84. The zero-order chi connectivity index (χ0) is 18.4. The Morgan fingerprint density at radius 1 is 1.20 bits per heavy atom. The Morgan fingerprint density at radius 3 is 2.48 bits per heavy atom. The van der Waals surface area contributed by atoms with Crippen molar-refractivity contribution in [3.63, 3.8) is 0 Å². The van der Waals surface area contributed by atoms with Crippen molar-refractivity contribution < 1.29 is 23.1 Å². The quantitative estimate of drug-likeness (QED) is 0.901. The summed E-state index contributed by atoms with van der Waals surface area (Å²) in [6.45, 7) is 1.85. The van der Waals surface area contributed by atoms with E-state index in [1.54, 1.807) is 23.7 Å². The second kappa shape index (κ2) is 6.22. The van der Waals surface area contributed by atoms with Crippen LogP contribution in [0.15, 0.2) is 36.4 Å². The van der Waals surface area contributed by atoms with Crippen LogP contribution >= 0.6 is 0 Å². The van der Waals surface area contributed by atoms with Gasteiger partial charge in [0.15, 0.2) is 0 Å². The summed E-state index contributed by atoms with van der Waals surface area (Å²) >= 11 is 0. The third-order valence-electron chi connectivity index (χ3n) is 4.76. The van der Waals surface area contributed by atoms with Gasteiger partial charge in [-0.3, -0.25) is 4.79 Å². The molecule has 2 aromatic rings. The van der Waals surface area contributed by atoms with Gasteiger partial charge in [-0.25, -0.2) is 0 Å². The molecule has 25 heavy (non-hydrogen) atoms. The van der Waals surface area contributed by atoms with E-state index in [4.69, 9.17) is 0 Å². The number of rotatable bonds is 2. The molecule has 3 rings (SSSR count). The highest BCUT2D eigenvalue weighted by Crippen LogP contribution is 2.40. The number of aromatic nitrogens is 1. The molecule has 0 radical (unpaired) electrons. The van der Waals surface area contributed by atoms with Gasteiger partial charge in [0.05, 0.1) is 17.7 Å². The van der Waals surface area contributed by atoms with Crippen LogP contribution in [-0.2, 0) is 13.2 Å². The second-order valence-electron chi connectivity index (χ2n) is 6.37. The largest absolute Gasteiger partial charge is 0.416 e. The third-order valence-corrected chi connectivity index (χ3v) is 4.76. The molecule has 1 aliphatic heterocycles. The zero-order valence-electron chi connectivity index (χ0n) is 13.9. The molecule has 0 aliphatic carbocycles. The summed E-state index contributed by atoms with van der Waals surface area (Å²) < 4.78 is 41.7. The Morgan fingerprint density at radius 2 is 1.88 bits per heavy atom. The highest BCUT2D eigenvalue weighted by atomic mass is 19.4. The topological polar surface area (TPSA) is 45.5 Å². The summed E-state index contributed by atoms with van der Waals surface area (Å²) in [5.41, 5.74) is 0.511. The first kappa shape index (κ1) is 17.5. The van der Waals surface area contributed by atoms with Crippen LogP contribution in [0.5, 0.6) is 0 Å². The SMILES string of the molecule is Cc1ccc(C(=O)N2CC(O)CC2c2ccccc2C(F)(F)F)n1C. The Balaban J connectivity index is 2.01. The molecule has 1 fully saturated rings. The van der Waals surface area contributed by atoms with Crippen LogP contribution in [0.4, 0.5) is 13.2 Å². The minimum Gasteiger partial charge on any atom is -0.391 e. The van der Waals surface area contributed by atoms with Gasteiger partial charge in [0.2, 0.25) is 0 Å². The van der Waals surface area contributed by atoms with E-state index < -0.39 is 23.9 Å². The lowest BCUT2D eigenvalue weighted by Gasteiger charge is -2.27. The number of aliphatic hydroxyl groups excluding tert-OH is 1. The van der Waals surface area contributed by atoms with Gasteiger partial charge in [-0.15, -0.1) is 0 Å². The molecule has 0 saturated carbocycles. The summed E-state index contributed by atoms with van der Waals surface area (Å²) in [4.78, 5) is 14.2. The lowest BCUT2D eigenvalue weighted by atomic mass is 9.97. The average Bonchev–Trinajstić information content (AvgIpc) is 3.10. The van der Waals surface area contributed by atoms with E-state index in [0.29, 0.717) is 5.69 Å². The molecular weight excluding hydrogens is 333 g/mol. The number of halogens is 3. The first-order valence-corrected chi connectivity index (χ1v) is 7.97. The number of β-amino-alcohol motifs (C(OH)–C–C–N with tert-alkyl or cyclic N) is 1. The van der Waals surface area contributed by atoms with E-state index in [9.17, 15) is 23.1 Å². The number of alkyl halides is 3. The summed E-state index contributed by atoms with van der Waals surface area (Å²) in [7, 11) is 1.73. The van der Waals surface area contributed by atoms with Crippen molar-refractivity contribution in [2.24, 2.45) is 7.05 Å². The Bertz CT molecular complexity index is 798. The Kier molecular flexibility index (Phi) is 4.36. The molecule has 2 atom stereocenters. The van der Waals surface area contributed by atoms with E-state index in [1.165, 1.54) is 23.1 Å². The number of aryl methyl sites for hydroxylation is 1. The fourth-order valence-electron chi connectivity index (χ4n) is 3.35. The number of hydrogen-bond donors (Lipinski definition) is 1. The lowest BCUT2D eigenvalue weighted by molar-refractivity contribution is -0.138. The maximum Gasteiger partial charge on any atom is 0.416 e. The van der Waals surface area contributed by atoms with Crippen LogP contribution < -0.4 is 0 Å². The van der Waals surface area contributed by atoms with Gasteiger partial charge in [0, 0.05) is 19.3 Å². The molecule has 2 unspecified atom stereocenters. The zero-order valence-corrected chi connectivity index (χ0v) is 13.9. The van der Waals surface area contributed by atoms with Crippen LogP contribution in [0.2, 0.25) is 0 Å². The summed E-state index contributed by atoms with van der Waals surface area (Å²) in [5.74, 6) is -0.380. The van der Waals surface area contributed by atoms with Gasteiger partial charge in [0.1, 0.15) is 5.69 Å². The molecule has 4 nitrogen and oxygen atoms in total. The summed E-state index contributed by atoms with van der Waals surface area (Å²) in [6.07, 6.45) is -5.28. The van der Waals surface area contributed by atoms with Crippen molar-refractivity contribution in [3.8, 4) is 0 Å². The van der Waals surface area contributed by atoms with E-state index >= 15 is 0 Å². The summed E-state index contributed by atoms with van der Waals surface area (Å²) in [5, 5.41) is 10.0. The molecule has 1 saturated heterocycles. The molecule has 2 heterocycles. The molecule has 1 aliphatic rings. The monoisotopic (exact) mass is 352 g/mol. The van der Waals surface area contributed by atoms with Crippen LogP contribution in [0.1, 0.15) is 39.8 Å². The van der Waals surface area contributed by atoms with E-state index in [1.807, 2.05) is 6.92 Å². The molecule has 1 aromatic heterocycles. The van der Waals surface area contributed by atoms with Crippen molar-refractivity contribution in [3.05, 3.63) is 58.9 Å². The normalized spacial score (nSPS) is 21.0. The number of aliphatic hydroxyl groups is 1. The fraction of sp³-hybridized carbons (Fsp3) is 0.389. The van der Waals surface area contributed by atoms with Crippen molar-refractivity contribution >= 4 is 5.91 Å². The number of hydrogen-bond acceptors (Lipinski definition) is 2. The third kappa shape index (κ3) is 3.16. The van der Waals surface area contributed by atoms with E-state index in [2.05, 4.69) is 0 Å². The average molecular weight is 352 g/mol. The predicted octanol–water partition coefficient (Wildman–Crippen LogP) is 3.30. The van der Waals surface area contributed by atoms with Crippen LogP contribution in [0, 0.1) is 6.92 Å². The number of likely N-dealkylation sites (tertiary alicyclic amines) is 1. The van der Waals surface area contributed by atoms with Gasteiger partial charge in [-0.05, 0) is 37.1 Å². The second-order valence-corrected chi connectivity index (χ2v) is 6.37. The first-order valence-electron chi connectivity index (χ1n) is 7.97. The Labute approximate surface area is 143 Å². The van der Waals surface area contributed by atoms with Gasteiger partial charge in [-0.2, -0.15) is 13.2 Å². The van der Waals surface area contributed by atoms with Gasteiger partial charge >= 0.3 is 6.18 Å². The lowest BCUT2D eigenvalue weighted by Crippen LogP contribution is -2.33. The van der Waals surface area contributed by atoms with Crippen molar-refractivity contribution in [2.75, 3.05) is 6.54 Å². The van der Waals surface area contributed by atoms with Gasteiger partial charge < -0.3 is 14.6 Å². The van der Waals surface area contributed by atoms with Crippen LogP contribution in [-0.4, -0.2) is 33.1 Å². The minimum atomic E-state index is -4.51. The molecule has 1 N–H and O–H groups in total. The molecule has 1 aromatic carbocycles. The molecule has 1 amide bonds. The van der Waals surface area contributed by atoms with E-state index in [-0.39, 0.29) is 24.4 Å². The van der Waals surface area contributed by atoms with Crippen LogP contribution in [0.25, 0.3) is 0 Å². The standard InChI is InChI=1S/C18H19F3N2O2/c1-11-7-8-15(22(11)2)17(25)23-10-12(24)9-16(23)13-5-3-4-6-14(13)18(19,20)21/h3-8,12,16,24H,9-10H2,1-2H3.